The first-order valence-corrected chi connectivity index (χ1v) is 5.92. The van der Waals surface area contributed by atoms with Crippen molar-refractivity contribution in [2.45, 2.75) is 0 Å². The van der Waals surface area contributed by atoms with Gasteiger partial charge in [-0.05, 0) is 12.1 Å². The van der Waals surface area contributed by atoms with Crippen LogP contribution in [0.4, 0.5) is 11.5 Å². The van der Waals surface area contributed by atoms with Crippen LogP contribution >= 0.6 is 0 Å². The fraction of sp³-hybridized carbons (Fsp3) is 0.0769. The lowest BCUT2D eigenvalue weighted by atomic mass is 10.2. The Hall–Kier alpha value is -3.16. The third-order valence-corrected chi connectivity index (χ3v) is 2.62. The van der Waals surface area contributed by atoms with Crippen molar-refractivity contribution in [1.29, 1.82) is 0 Å². The van der Waals surface area contributed by atoms with E-state index < -0.39 is 10.8 Å². The second-order valence-corrected chi connectivity index (χ2v) is 4.02. The summed E-state index contributed by atoms with van der Waals surface area (Å²) in [6.07, 6.45) is 0. The summed E-state index contributed by atoms with van der Waals surface area (Å²) in [4.78, 5) is 25.7. The van der Waals surface area contributed by atoms with Crippen molar-refractivity contribution in [3.63, 3.8) is 0 Å². The van der Waals surface area contributed by atoms with Crippen molar-refractivity contribution in [2.75, 3.05) is 12.4 Å². The summed E-state index contributed by atoms with van der Waals surface area (Å²) in [5.74, 6) is -0.220. The zero-order valence-corrected chi connectivity index (χ0v) is 11.1. The molecule has 1 heterocycles. The highest BCUT2D eigenvalue weighted by Gasteiger charge is 2.14. The zero-order valence-electron chi connectivity index (χ0n) is 11.1. The van der Waals surface area contributed by atoms with Crippen molar-refractivity contribution in [2.24, 2.45) is 5.73 Å². The second kappa shape index (κ2) is 5.87. The van der Waals surface area contributed by atoms with Gasteiger partial charge in [0.05, 0.1) is 22.6 Å². The molecule has 0 unspecified atom stereocenters. The Bertz CT molecular complexity index is 702. The van der Waals surface area contributed by atoms with Crippen LogP contribution in [0.15, 0.2) is 36.4 Å². The number of hydrogen-bond acceptors (Lipinski definition) is 6. The maximum absolute atomic E-state index is 11.3. The molecule has 2 rings (SSSR count). The van der Waals surface area contributed by atoms with Crippen LogP contribution in [0.2, 0.25) is 0 Å². The van der Waals surface area contributed by atoms with Crippen LogP contribution in [0.25, 0.3) is 0 Å². The number of ether oxygens (including phenoxy) is 1. The average Bonchev–Trinajstić information content (AvgIpc) is 2.47. The first-order chi connectivity index (χ1) is 10.0. The van der Waals surface area contributed by atoms with Crippen LogP contribution in [0.5, 0.6) is 11.6 Å². The molecule has 1 aromatic heterocycles. The molecule has 1 amide bonds. The molecule has 0 saturated carbocycles. The topological polar surface area (TPSA) is 120 Å². The number of carbonyl (C=O) groups is 1. The number of aromatic nitrogens is 1. The van der Waals surface area contributed by atoms with Gasteiger partial charge in [0.2, 0.25) is 5.88 Å². The van der Waals surface area contributed by atoms with Crippen molar-refractivity contribution < 1.29 is 14.5 Å². The van der Waals surface area contributed by atoms with E-state index in [0.717, 1.165) is 0 Å². The Balaban J connectivity index is 2.42. The van der Waals surface area contributed by atoms with Crippen LogP contribution in [0.1, 0.15) is 10.4 Å². The van der Waals surface area contributed by atoms with Gasteiger partial charge in [-0.25, -0.2) is 0 Å². The summed E-state index contributed by atoms with van der Waals surface area (Å²) in [6, 6.07) is 8.74. The summed E-state index contributed by atoms with van der Waals surface area (Å²) in [6.45, 7) is 0. The maximum atomic E-state index is 11.3. The standard InChI is InChI=1S/C13H12N4O4/c1-15-11-6-8(17(19)20)7-12(16-11)21-10-5-3-2-4-9(10)13(14)18/h2-7H,1H3,(H2,14,18)(H,15,16). The highest BCUT2D eigenvalue weighted by Crippen LogP contribution is 2.28. The lowest BCUT2D eigenvalue weighted by Gasteiger charge is -2.09. The van der Waals surface area contributed by atoms with Gasteiger partial charge in [0.15, 0.2) is 0 Å². The van der Waals surface area contributed by atoms with E-state index in [0.29, 0.717) is 0 Å². The molecule has 108 valence electrons. The Labute approximate surface area is 119 Å². The molecule has 0 aliphatic carbocycles. The van der Waals surface area contributed by atoms with E-state index in [9.17, 15) is 14.9 Å². The highest BCUT2D eigenvalue weighted by molar-refractivity contribution is 5.95. The van der Waals surface area contributed by atoms with Crippen LogP contribution in [0, 0.1) is 10.1 Å². The number of nitrogens with two attached hydrogens (primary N) is 1. The molecule has 0 saturated heterocycles. The molecule has 0 aliphatic heterocycles. The summed E-state index contributed by atoms with van der Waals surface area (Å²) in [5, 5.41) is 13.6. The number of carbonyl (C=O) groups excluding carboxylic acids is 1. The monoisotopic (exact) mass is 288 g/mol. The van der Waals surface area contributed by atoms with E-state index in [4.69, 9.17) is 10.5 Å². The van der Waals surface area contributed by atoms with Crippen molar-refractivity contribution in [1.82, 2.24) is 4.98 Å². The normalized spacial score (nSPS) is 9.95. The van der Waals surface area contributed by atoms with Gasteiger partial charge in [-0.15, -0.1) is 0 Å². The van der Waals surface area contributed by atoms with E-state index in [2.05, 4.69) is 10.3 Å². The van der Waals surface area contributed by atoms with Gasteiger partial charge in [-0.1, -0.05) is 12.1 Å². The lowest BCUT2D eigenvalue weighted by molar-refractivity contribution is -0.384. The number of nitrogens with zero attached hydrogens (tertiary/aromatic N) is 2. The Kier molecular flexibility index (Phi) is 3.98. The molecule has 0 fully saturated rings. The second-order valence-electron chi connectivity index (χ2n) is 4.02. The van der Waals surface area contributed by atoms with Crippen molar-refractivity contribution in [3.05, 3.63) is 52.1 Å². The van der Waals surface area contributed by atoms with Gasteiger partial charge in [-0.2, -0.15) is 4.98 Å². The van der Waals surface area contributed by atoms with E-state index in [1.807, 2.05) is 0 Å². The average molecular weight is 288 g/mol. The van der Waals surface area contributed by atoms with Crippen molar-refractivity contribution in [3.8, 4) is 11.6 Å². The number of benzene rings is 1. The quantitative estimate of drug-likeness (QED) is 0.640. The van der Waals surface area contributed by atoms with Gasteiger partial charge >= 0.3 is 0 Å². The lowest BCUT2D eigenvalue weighted by Crippen LogP contribution is -2.12. The molecule has 21 heavy (non-hydrogen) atoms. The minimum atomic E-state index is -0.662. The highest BCUT2D eigenvalue weighted by atomic mass is 16.6. The summed E-state index contributed by atoms with van der Waals surface area (Å²) in [7, 11) is 1.58. The number of nitro groups is 1. The summed E-state index contributed by atoms with van der Waals surface area (Å²) in [5.41, 5.74) is 5.23. The SMILES string of the molecule is CNc1cc([N+](=O)[O-])cc(Oc2ccccc2C(N)=O)n1. The molecule has 0 spiro atoms. The Morgan fingerprint density at radius 1 is 1.38 bits per heavy atom. The summed E-state index contributed by atoms with van der Waals surface area (Å²) < 4.78 is 5.45. The molecule has 0 atom stereocenters. The number of hydrogen-bond donors (Lipinski definition) is 2. The van der Waals surface area contributed by atoms with Gasteiger partial charge in [0.25, 0.3) is 11.6 Å². The third-order valence-electron chi connectivity index (χ3n) is 2.62. The molecule has 0 bridgehead atoms. The van der Waals surface area contributed by atoms with Gasteiger partial charge in [0, 0.05) is 7.05 Å². The fourth-order valence-electron chi connectivity index (χ4n) is 1.65. The predicted octanol–water partition coefficient (Wildman–Crippen LogP) is 1.92. The minimum Gasteiger partial charge on any atom is -0.438 e. The zero-order chi connectivity index (χ0) is 15.4. The Morgan fingerprint density at radius 3 is 2.71 bits per heavy atom. The molecule has 1 aromatic carbocycles. The van der Waals surface area contributed by atoms with E-state index in [-0.39, 0.29) is 28.7 Å². The third kappa shape index (κ3) is 3.24. The molecular formula is C13H12N4O4. The number of amides is 1. The number of pyridine rings is 1. The molecule has 3 N–H and O–H groups in total. The predicted molar refractivity (Wildman–Crippen MR) is 75.5 cm³/mol. The number of primary amides is 1. The smallest absolute Gasteiger partial charge is 0.278 e. The molecule has 8 heteroatoms. The molecule has 0 radical (unpaired) electrons. The van der Waals surface area contributed by atoms with Gasteiger partial charge in [0.1, 0.15) is 11.6 Å². The number of para-hydroxylation sites is 1. The van der Waals surface area contributed by atoms with E-state index in [1.165, 1.54) is 24.3 Å². The van der Waals surface area contributed by atoms with Crippen LogP contribution in [-0.4, -0.2) is 22.9 Å². The van der Waals surface area contributed by atoms with Crippen LogP contribution < -0.4 is 15.8 Å². The molecular weight excluding hydrogens is 276 g/mol. The molecule has 0 aliphatic rings. The summed E-state index contributed by atoms with van der Waals surface area (Å²) >= 11 is 0. The van der Waals surface area contributed by atoms with Gasteiger partial charge in [-0.3, -0.25) is 14.9 Å². The number of anilines is 1. The largest absolute Gasteiger partial charge is 0.438 e. The first-order valence-electron chi connectivity index (χ1n) is 5.92. The number of rotatable bonds is 5. The van der Waals surface area contributed by atoms with E-state index >= 15 is 0 Å². The first kappa shape index (κ1) is 14.3. The Morgan fingerprint density at radius 2 is 2.10 bits per heavy atom. The van der Waals surface area contributed by atoms with Crippen molar-refractivity contribution >= 4 is 17.4 Å². The fourth-order valence-corrected chi connectivity index (χ4v) is 1.65. The van der Waals surface area contributed by atoms with Crippen LogP contribution in [-0.2, 0) is 0 Å². The molecule has 8 nitrogen and oxygen atoms in total. The molecule has 2 aromatic rings. The number of nitrogens with one attached hydrogen (secondary N) is 1. The maximum Gasteiger partial charge on any atom is 0.278 e. The van der Waals surface area contributed by atoms with Crippen LogP contribution in [0.3, 0.4) is 0 Å². The minimum absolute atomic E-state index is 0.0118. The van der Waals surface area contributed by atoms with Gasteiger partial charge < -0.3 is 15.8 Å². The van der Waals surface area contributed by atoms with E-state index in [1.54, 1.807) is 19.2 Å².